The summed E-state index contributed by atoms with van der Waals surface area (Å²) in [6.07, 6.45) is 6.69. The first-order valence-corrected chi connectivity index (χ1v) is 12.6. The van der Waals surface area contributed by atoms with Crippen molar-refractivity contribution in [1.82, 2.24) is 10.3 Å². The average Bonchev–Trinajstić information content (AvgIpc) is 3.55. The highest BCUT2D eigenvalue weighted by atomic mass is 19.1. The minimum absolute atomic E-state index is 0.0929. The number of aromatic amines is 1. The summed E-state index contributed by atoms with van der Waals surface area (Å²) in [6.45, 7) is 1.53. The zero-order chi connectivity index (χ0) is 25.1. The molecule has 5 nitrogen and oxygen atoms in total. The van der Waals surface area contributed by atoms with E-state index in [4.69, 9.17) is 4.74 Å². The number of halogens is 1. The number of hydrogen-bond acceptors (Lipinski definition) is 3. The van der Waals surface area contributed by atoms with Crippen LogP contribution in [-0.2, 0) is 6.42 Å². The highest BCUT2D eigenvalue weighted by Crippen LogP contribution is 2.31. The topological polar surface area (TPSA) is 74.3 Å². The van der Waals surface area contributed by atoms with Gasteiger partial charge in [-0.25, -0.2) is 4.39 Å². The molecule has 186 valence electrons. The van der Waals surface area contributed by atoms with E-state index in [0.29, 0.717) is 23.3 Å². The van der Waals surface area contributed by atoms with Crippen molar-refractivity contribution >= 4 is 16.8 Å². The van der Waals surface area contributed by atoms with E-state index in [2.05, 4.69) is 10.3 Å². The van der Waals surface area contributed by atoms with Crippen LogP contribution in [0.3, 0.4) is 0 Å². The van der Waals surface area contributed by atoms with E-state index in [0.717, 1.165) is 53.3 Å². The number of aliphatic hydroxyl groups is 1. The maximum Gasteiger partial charge on any atom is 0.255 e. The second kappa shape index (κ2) is 10.5. The molecule has 1 saturated carbocycles. The summed E-state index contributed by atoms with van der Waals surface area (Å²) in [7, 11) is 0. The molecule has 1 aromatic heterocycles. The molecule has 1 aliphatic rings. The molecule has 3 N–H and O–H groups in total. The van der Waals surface area contributed by atoms with E-state index in [1.807, 2.05) is 42.6 Å². The minimum Gasteiger partial charge on any atom is -0.490 e. The molecule has 4 aromatic rings. The Kier molecular flexibility index (Phi) is 7.05. The SMILES string of the molecule is Cc1cc(-c2ccc(OC3CCCC3)c(C(=O)N[C@@H](CO)Cc3c[nH]c4ccccc34)c2)ccc1F. The fourth-order valence-corrected chi connectivity index (χ4v) is 4.99. The van der Waals surface area contributed by atoms with Gasteiger partial charge in [0.15, 0.2) is 0 Å². The molecule has 1 aliphatic carbocycles. The van der Waals surface area contributed by atoms with E-state index in [1.165, 1.54) is 6.07 Å². The molecule has 0 unspecified atom stereocenters. The van der Waals surface area contributed by atoms with Crippen LogP contribution in [0.15, 0.2) is 66.9 Å². The van der Waals surface area contributed by atoms with Crippen LogP contribution in [0.2, 0.25) is 0 Å². The lowest BCUT2D eigenvalue weighted by atomic mass is 9.99. The molecule has 1 atom stereocenters. The summed E-state index contributed by atoms with van der Waals surface area (Å²) in [6, 6.07) is 18.0. The maximum absolute atomic E-state index is 13.8. The van der Waals surface area contributed by atoms with E-state index in [1.54, 1.807) is 25.1 Å². The Morgan fingerprint density at radius 2 is 1.86 bits per heavy atom. The van der Waals surface area contributed by atoms with Gasteiger partial charge < -0.3 is 20.1 Å². The van der Waals surface area contributed by atoms with Crippen LogP contribution in [0.1, 0.15) is 47.2 Å². The van der Waals surface area contributed by atoms with Crippen LogP contribution in [-0.4, -0.2) is 34.8 Å². The van der Waals surface area contributed by atoms with Crippen molar-refractivity contribution in [1.29, 1.82) is 0 Å². The Labute approximate surface area is 210 Å². The van der Waals surface area contributed by atoms with E-state index in [9.17, 15) is 14.3 Å². The molecule has 36 heavy (non-hydrogen) atoms. The Balaban J connectivity index is 1.42. The van der Waals surface area contributed by atoms with Gasteiger partial charge in [-0.1, -0.05) is 30.3 Å². The lowest BCUT2D eigenvalue weighted by Gasteiger charge is -2.20. The Morgan fingerprint density at radius 3 is 2.64 bits per heavy atom. The van der Waals surface area contributed by atoms with Gasteiger partial charge in [0.1, 0.15) is 11.6 Å². The number of carbonyl (C=O) groups excluding carboxylic acids is 1. The van der Waals surface area contributed by atoms with Gasteiger partial charge in [0.2, 0.25) is 0 Å². The van der Waals surface area contributed by atoms with E-state index in [-0.39, 0.29) is 24.4 Å². The number of hydrogen-bond donors (Lipinski definition) is 3. The van der Waals surface area contributed by atoms with Crippen molar-refractivity contribution in [3.8, 4) is 16.9 Å². The molecule has 0 spiro atoms. The van der Waals surface area contributed by atoms with Crippen molar-refractivity contribution in [3.05, 3.63) is 89.4 Å². The largest absolute Gasteiger partial charge is 0.490 e. The number of benzene rings is 3. The van der Waals surface area contributed by atoms with Gasteiger partial charge >= 0.3 is 0 Å². The molecule has 0 radical (unpaired) electrons. The van der Waals surface area contributed by atoms with Crippen LogP contribution in [0, 0.1) is 12.7 Å². The normalized spacial score (nSPS) is 14.8. The molecule has 3 aromatic carbocycles. The Bertz CT molecular complexity index is 1370. The highest BCUT2D eigenvalue weighted by Gasteiger charge is 2.23. The second-order valence-corrected chi connectivity index (χ2v) is 9.62. The van der Waals surface area contributed by atoms with Gasteiger partial charge in [-0.15, -0.1) is 0 Å². The number of aromatic nitrogens is 1. The van der Waals surface area contributed by atoms with Crippen molar-refractivity contribution in [2.24, 2.45) is 0 Å². The number of carbonyl (C=O) groups is 1. The molecule has 5 rings (SSSR count). The lowest BCUT2D eigenvalue weighted by molar-refractivity contribution is 0.0909. The molecule has 0 aliphatic heterocycles. The van der Waals surface area contributed by atoms with Crippen LogP contribution in [0.4, 0.5) is 4.39 Å². The number of nitrogens with one attached hydrogen (secondary N) is 2. The zero-order valence-electron chi connectivity index (χ0n) is 20.4. The molecule has 6 heteroatoms. The third kappa shape index (κ3) is 5.14. The monoisotopic (exact) mass is 486 g/mol. The number of H-pyrrole nitrogens is 1. The maximum atomic E-state index is 13.8. The lowest BCUT2D eigenvalue weighted by Crippen LogP contribution is -2.39. The predicted octanol–water partition coefficient (Wildman–Crippen LogP) is 5.94. The molecule has 1 amide bonds. The van der Waals surface area contributed by atoms with E-state index < -0.39 is 6.04 Å². The van der Waals surface area contributed by atoms with Crippen LogP contribution in [0.5, 0.6) is 5.75 Å². The van der Waals surface area contributed by atoms with Crippen molar-refractivity contribution in [2.45, 2.75) is 51.2 Å². The number of rotatable bonds is 8. The highest BCUT2D eigenvalue weighted by molar-refractivity contribution is 5.98. The number of amides is 1. The first-order valence-electron chi connectivity index (χ1n) is 12.6. The minimum atomic E-state index is -0.465. The number of ether oxygens (including phenoxy) is 1. The predicted molar refractivity (Wildman–Crippen MR) is 140 cm³/mol. The van der Waals surface area contributed by atoms with Crippen LogP contribution >= 0.6 is 0 Å². The van der Waals surface area contributed by atoms with Crippen LogP contribution < -0.4 is 10.1 Å². The third-order valence-electron chi connectivity index (χ3n) is 7.01. The molecule has 0 saturated heterocycles. The summed E-state index contributed by atoms with van der Waals surface area (Å²) in [5.74, 6) is -0.0330. The molecule has 1 fully saturated rings. The third-order valence-corrected chi connectivity index (χ3v) is 7.01. The van der Waals surface area contributed by atoms with Crippen molar-refractivity contribution < 1.29 is 19.0 Å². The van der Waals surface area contributed by atoms with Crippen molar-refractivity contribution in [3.63, 3.8) is 0 Å². The summed E-state index contributed by atoms with van der Waals surface area (Å²) in [5, 5.41) is 14.2. The second-order valence-electron chi connectivity index (χ2n) is 9.62. The molecule has 1 heterocycles. The fourth-order valence-electron chi connectivity index (χ4n) is 4.99. The van der Waals surface area contributed by atoms with Crippen LogP contribution in [0.25, 0.3) is 22.0 Å². The van der Waals surface area contributed by atoms with Gasteiger partial charge in [-0.05, 0) is 91.6 Å². The molecule has 0 bridgehead atoms. The van der Waals surface area contributed by atoms with Gasteiger partial charge in [-0.3, -0.25) is 4.79 Å². The summed E-state index contributed by atoms with van der Waals surface area (Å²) in [5.41, 5.74) is 4.64. The first-order chi connectivity index (χ1) is 17.5. The number of fused-ring (bicyclic) bond motifs is 1. The summed E-state index contributed by atoms with van der Waals surface area (Å²) in [4.78, 5) is 16.8. The van der Waals surface area contributed by atoms with Gasteiger partial charge in [0.05, 0.1) is 24.3 Å². The molecular formula is C30H31FN2O3. The average molecular weight is 487 g/mol. The molecular weight excluding hydrogens is 455 g/mol. The number of para-hydroxylation sites is 1. The van der Waals surface area contributed by atoms with Crippen molar-refractivity contribution in [2.75, 3.05) is 6.61 Å². The summed E-state index contributed by atoms with van der Waals surface area (Å²) < 4.78 is 20.1. The Morgan fingerprint density at radius 1 is 1.11 bits per heavy atom. The van der Waals surface area contributed by atoms with E-state index >= 15 is 0 Å². The zero-order valence-corrected chi connectivity index (χ0v) is 20.4. The van der Waals surface area contributed by atoms with Gasteiger partial charge in [0, 0.05) is 17.1 Å². The standard InChI is InChI=1S/C30H31FN2O3/c1-19-14-20(10-12-27(19)31)21-11-13-29(36-24-6-2-3-7-24)26(16-21)30(35)33-23(18-34)15-22-17-32-28-9-5-4-8-25(22)28/h4-5,8-14,16-17,23-24,32,34H,2-3,6-7,15,18H2,1H3,(H,33,35)/t23-/m1/s1. The fraction of sp³-hybridized carbons (Fsp3) is 0.300. The first kappa shape index (κ1) is 24.1. The Hall–Kier alpha value is -3.64. The van der Waals surface area contributed by atoms with Gasteiger partial charge in [0.25, 0.3) is 5.91 Å². The quantitative estimate of drug-likeness (QED) is 0.289. The number of aryl methyl sites for hydroxylation is 1. The smallest absolute Gasteiger partial charge is 0.255 e. The van der Waals surface area contributed by atoms with Gasteiger partial charge in [-0.2, -0.15) is 0 Å². The number of aliphatic hydroxyl groups excluding tert-OH is 1. The summed E-state index contributed by atoms with van der Waals surface area (Å²) >= 11 is 0.